The Bertz CT molecular complexity index is 539. The average molecular weight is 490 g/mol. The van der Waals surface area contributed by atoms with Crippen LogP contribution in [0.4, 0.5) is 18.9 Å². The summed E-state index contributed by atoms with van der Waals surface area (Å²) in [4.78, 5) is 6.28. The van der Waals surface area contributed by atoms with E-state index in [2.05, 4.69) is 19.9 Å². The van der Waals surface area contributed by atoms with Gasteiger partial charge in [-0.1, -0.05) is 0 Å². The molecule has 1 unspecified atom stereocenters. The summed E-state index contributed by atoms with van der Waals surface area (Å²) in [5.41, 5.74) is 6.32. The van der Waals surface area contributed by atoms with E-state index in [4.69, 9.17) is 10.5 Å². The van der Waals surface area contributed by atoms with Crippen LogP contribution in [-0.2, 0) is 4.74 Å². The van der Waals surface area contributed by atoms with Crippen molar-refractivity contribution in [2.75, 3.05) is 39.1 Å². The molecule has 0 fully saturated rings. The fraction of sp³-hybridized carbons (Fsp3) is 0.562. The Hall–Kier alpha value is -1.27. The van der Waals surface area contributed by atoms with Crippen LogP contribution in [0.5, 0.6) is 5.75 Å². The van der Waals surface area contributed by atoms with E-state index in [1.54, 1.807) is 0 Å². The van der Waals surface area contributed by atoms with Crippen LogP contribution in [0.15, 0.2) is 29.3 Å². The second-order valence-electron chi connectivity index (χ2n) is 5.59. The number of aliphatic imine (C=N–C) groups is 1. The van der Waals surface area contributed by atoms with E-state index in [0.717, 1.165) is 13.0 Å². The van der Waals surface area contributed by atoms with E-state index in [0.29, 0.717) is 18.8 Å². The summed E-state index contributed by atoms with van der Waals surface area (Å²) in [5.74, 6) is -0.132. The fourth-order valence-corrected chi connectivity index (χ4v) is 1.99. The third-order valence-electron chi connectivity index (χ3n) is 3.13. The fourth-order valence-electron chi connectivity index (χ4n) is 1.99. The number of guanidine groups is 1. The molecule has 0 aliphatic carbocycles. The lowest BCUT2D eigenvalue weighted by atomic mass is 10.2. The predicted octanol–water partition coefficient (Wildman–Crippen LogP) is 3.29. The Kier molecular flexibility index (Phi) is 11.6. The van der Waals surface area contributed by atoms with Gasteiger partial charge in [-0.2, -0.15) is 0 Å². The summed E-state index contributed by atoms with van der Waals surface area (Å²) in [7, 11) is 3.96. The molecule has 0 aromatic heterocycles. The van der Waals surface area contributed by atoms with Gasteiger partial charge in [-0.25, -0.2) is 0 Å². The zero-order chi connectivity index (χ0) is 18.9. The number of benzene rings is 1. The number of hydrogen-bond acceptors (Lipinski definition) is 4. The number of halogens is 4. The van der Waals surface area contributed by atoms with Crippen molar-refractivity contribution in [3.05, 3.63) is 24.3 Å². The number of hydrogen-bond donors (Lipinski definition) is 2. The van der Waals surface area contributed by atoms with Crippen LogP contribution in [-0.4, -0.2) is 57.1 Å². The summed E-state index contributed by atoms with van der Waals surface area (Å²) in [6, 6.07) is 5.25. The smallest absolute Gasteiger partial charge is 0.406 e. The largest absolute Gasteiger partial charge is 0.573 e. The Labute approximate surface area is 168 Å². The van der Waals surface area contributed by atoms with Crippen LogP contribution >= 0.6 is 24.0 Å². The lowest BCUT2D eigenvalue weighted by Gasteiger charge is -2.18. The van der Waals surface area contributed by atoms with E-state index < -0.39 is 6.36 Å². The lowest BCUT2D eigenvalue weighted by molar-refractivity contribution is -0.274. The Balaban J connectivity index is 0.00000625. The number of rotatable bonds is 9. The Morgan fingerprint density at radius 2 is 1.88 bits per heavy atom. The summed E-state index contributed by atoms with van der Waals surface area (Å²) in [6.45, 7) is 3.77. The van der Waals surface area contributed by atoms with Crippen LogP contribution in [0.2, 0.25) is 0 Å². The molecule has 0 radical (unpaired) electrons. The van der Waals surface area contributed by atoms with Gasteiger partial charge in [0.1, 0.15) is 5.75 Å². The average Bonchev–Trinajstić information content (AvgIpc) is 2.50. The molecule has 0 aliphatic heterocycles. The summed E-state index contributed by atoms with van der Waals surface area (Å²) in [5, 5.41) is 2.82. The molecule has 150 valence electrons. The maximum absolute atomic E-state index is 12.1. The first-order valence-corrected chi connectivity index (χ1v) is 7.88. The molecule has 1 aromatic carbocycles. The number of anilines is 1. The van der Waals surface area contributed by atoms with Crippen molar-refractivity contribution in [1.82, 2.24) is 4.90 Å². The molecule has 1 atom stereocenters. The topological polar surface area (TPSA) is 72.1 Å². The molecule has 0 heterocycles. The third-order valence-corrected chi connectivity index (χ3v) is 3.13. The first-order chi connectivity index (χ1) is 11.7. The van der Waals surface area contributed by atoms with Crippen LogP contribution in [0.25, 0.3) is 0 Å². The Morgan fingerprint density at radius 3 is 2.38 bits per heavy atom. The van der Waals surface area contributed by atoms with Gasteiger partial charge in [0.05, 0.1) is 12.6 Å². The van der Waals surface area contributed by atoms with Gasteiger partial charge in [0.25, 0.3) is 0 Å². The van der Waals surface area contributed by atoms with Crippen molar-refractivity contribution in [3.8, 4) is 5.75 Å². The van der Waals surface area contributed by atoms with Crippen molar-refractivity contribution < 1.29 is 22.6 Å². The maximum atomic E-state index is 12.1. The molecule has 10 heteroatoms. The third kappa shape index (κ3) is 11.4. The van der Waals surface area contributed by atoms with E-state index in [-0.39, 0.29) is 41.8 Å². The highest BCUT2D eigenvalue weighted by atomic mass is 127. The molecule has 0 aliphatic rings. The highest BCUT2D eigenvalue weighted by Gasteiger charge is 2.30. The minimum Gasteiger partial charge on any atom is -0.406 e. The quantitative estimate of drug-likeness (QED) is 0.316. The number of ether oxygens (including phenoxy) is 2. The minimum atomic E-state index is -4.71. The van der Waals surface area contributed by atoms with Crippen LogP contribution in [0, 0.1) is 0 Å². The highest BCUT2D eigenvalue weighted by Crippen LogP contribution is 2.23. The standard InChI is InChI=1S/C16H25F3N4O2.HI/c1-4-24-14(9-10-23(2)3)11-21-15(20)22-12-5-7-13(8-6-12)25-16(17,18)19;/h5-8,14H,4,9-11H2,1-3H3,(H3,20,21,22);1H. The molecule has 3 N–H and O–H groups in total. The van der Waals surface area contributed by atoms with Gasteiger partial charge in [-0.05, 0) is 51.7 Å². The number of alkyl halides is 3. The molecular weight excluding hydrogens is 464 g/mol. The zero-order valence-corrected chi connectivity index (χ0v) is 17.4. The molecule has 0 saturated heterocycles. The zero-order valence-electron chi connectivity index (χ0n) is 15.0. The summed E-state index contributed by atoms with van der Waals surface area (Å²) >= 11 is 0. The second-order valence-corrected chi connectivity index (χ2v) is 5.59. The maximum Gasteiger partial charge on any atom is 0.573 e. The molecule has 0 saturated carbocycles. The lowest BCUT2D eigenvalue weighted by Crippen LogP contribution is -2.28. The van der Waals surface area contributed by atoms with Gasteiger partial charge in [0.15, 0.2) is 5.96 Å². The molecule has 0 bridgehead atoms. The van der Waals surface area contributed by atoms with E-state index >= 15 is 0 Å². The molecule has 26 heavy (non-hydrogen) atoms. The summed E-state index contributed by atoms with van der Waals surface area (Å²) in [6.07, 6.45) is -3.94. The van der Waals surface area contributed by atoms with Gasteiger partial charge in [-0.3, -0.25) is 4.99 Å². The van der Waals surface area contributed by atoms with E-state index in [9.17, 15) is 13.2 Å². The summed E-state index contributed by atoms with van der Waals surface area (Å²) < 4.78 is 45.8. The molecule has 0 spiro atoms. The van der Waals surface area contributed by atoms with Gasteiger partial charge < -0.3 is 25.4 Å². The molecule has 1 rings (SSSR count). The van der Waals surface area contributed by atoms with Gasteiger partial charge >= 0.3 is 6.36 Å². The van der Waals surface area contributed by atoms with Crippen LogP contribution < -0.4 is 15.8 Å². The monoisotopic (exact) mass is 490 g/mol. The SMILES string of the molecule is CCOC(CCN(C)C)CN=C(N)Nc1ccc(OC(F)(F)F)cc1.I. The van der Waals surface area contributed by atoms with Gasteiger partial charge in [0.2, 0.25) is 0 Å². The van der Waals surface area contributed by atoms with Gasteiger partial charge in [-0.15, -0.1) is 37.1 Å². The predicted molar refractivity (Wildman–Crippen MR) is 107 cm³/mol. The number of nitrogens with one attached hydrogen (secondary N) is 1. The number of nitrogens with two attached hydrogens (primary N) is 1. The van der Waals surface area contributed by atoms with Crippen molar-refractivity contribution >= 4 is 35.6 Å². The van der Waals surface area contributed by atoms with E-state index in [1.165, 1.54) is 24.3 Å². The van der Waals surface area contributed by atoms with Crippen LogP contribution in [0.3, 0.4) is 0 Å². The molecular formula is C16H26F3IN4O2. The van der Waals surface area contributed by atoms with Gasteiger partial charge in [0, 0.05) is 18.8 Å². The van der Waals surface area contributed by atoms with E-state index in [1.807, 2.05) is 21.0 Å². The highest BCUT2D eigenvalue weighted by molar-refractivity contribution is 14.0. The van der Waals surface area contributed by atoms with Crippen molar-refractivity contribution in [2.24, 2.45) is 10.7 Å². The van der Waals surface area contributed by atoms with Crippen LogP contribution in [0.1, 0.15) is 13.3 Å². The first kappa shape index (κ1) is 24.7. The normalized spacial score (nSPS) is 13.3. The molecule has 6 nitrogen and oxygen atoms in total. The van der Waals surface area contributed by atoms with Crippen molar-refractivity contribution in [3.63, 3.8) is 0 Å². The minimum absolute atomic E-state index is 0. The van der Waals surface area contributed by atoms with Crippen molar-refractivity contribution in [1.29, 1.82) is 0 Å². The second kappa shape index (κ2) is 12.2. The van der Waals surface area contributed by atoms with Crippen molar-refractivity contribution in [2.45, 2.75) is 25.8 Å². The first-order valence-electron chi connectivity index (χ1n) is 7.88. The molecule has 0 amide bonds. The Morgan fingerprint density at radius 1 is 1.27 bits per heavy atom. The number of nitrogens with zero attached hydrogens (tertiary/aromatic N) is 2. The molecule has 1 aromatic rings.